The summed E-state index contributed by atoms with van der Waals surface area (Å²) in [5.74, 6) is 1.42. The number of hydrogen-bond acceptors (Lipinski definition) is 7. The summed E-state index contributed by atoms with van der Waals surface area (Å²) in [5, 5.41) is 8.60. The first-order valence-electron chi connectivity index (χ1n) is 11.1. The number of benzene rings is 1. The molecule has 0 amide bonds. The lowest BCUT2D eigenvalue weighted by Gasteiger charge is -2.35. The first-order chi connectivity index (χ1) is 15.1. The molecule has 2 aliphatic heterocycles. The van der Waals surface area contributed by atoms with Crippen molar-refractivity contribution in [2.75, 3.05) is 31.2 Å². The Morgan fingerprint density at radius 3 is 2.65 bits per heavy atom. The number of rotatable bonds is 5. The lowest BCUT2D eigenvalue weighted by atomic mass is 10.0. The molecule has 0 aliphatic carbocycles. The Hall–Kier alpha value is -2.58. The van der Waals surface area contributed by atoms with Crippen molar-refractivity contribution in [1.29, 1.82) is 0 Å². The van der Waals surface area contributed by atoms with E-state index in [1.165, 1.54) is 0 Å². The number of ether oxygens (including phenoxy) is 1. The minimum absolute atomic E-state index is 0.288. The highest BCUT2D eigenvalue weighted by Crippen LogP contribution is 2.34. The van der Waals surface area contributed by atoms with Crippen molar-refractivity contribution in [3.05, 3.63) is 35.5 Å². The molecule has 1 N–H and O–H groups in total. The van der Waals surface area contributed by atoms with Crippen molar-refractivity contribution in [3.8, 4) is 11.4 Å². The van der Waals surface area contributed by atoms with Crippen LogP contribution in [0.25, 0.3) is 22.3 Å². The summed E-state index contributed by atoms with van der Waals surface area (Å²) in [7, 11) is 0. The van der Waals surface area contributed by atoms with Crippen molar-refractivity contribution < 1.29 is 13.7 Å². The molecule has 0 spiro atoms. The standard InChI is InChI=1S/C23H28FN5O2/c1-3-15-10-16-12-19(22-25-14(2)31-28-22)23(27-21(16)20(24)11-15)29-7-4-17(5-8-29)26-18-6-9-30-13-18/h10-12,17-18,26H,3-9,13H2,1-2H3/t18-/m1/s1. The molecule has 8 heteroatoms. The van der Waals surface area contributed by atoms with Gasteiger partial charge in [0.15, 0.2) is 0 Å². The lowest BCUT2D eigenvalue weighted by molar-refractivity contribution is 0.186. The Morgan fingerprint density at radius 2 is 1.97 bits per heavy atom. The zero-order valence-electron chi connectivity index (χ0n) is 18.0. The third-order valence-electron chi connectivity index (χ3n) is 6.28. The third-order valence-corrected chi connectivity index (χ3v) is 6.28. The summed E-state index contributed by atoms with van der Waals surface area (Å²) in [6.07, 6.45) is 3.83. The van der Waals surface area contributed by atoms with Crippen molar-refractivity contribution in [2.24, 2.45) is 0 Å². The van der Waals surface area contributed by atoms with Crippen LogP contribution in [-0.4, -0.2) is 53.5 Å². The van der Waals surface area contributed by atoms with Crippen LogP contribution < -0.4 is 10.2 Å². The highest BCUT2D eigenvalue weighted by Gasteiger charge is 2.27. The zero-order chi connectivity index (χ0) is 21.4. The molecule has 1 atom stereocenters. The Labute approximate surface area is 181 Å². The number of hydrogen-bond donors (Lipinski definition) is 1. The fourth-order valence-electron chi connectivity index (χ4n) is 4.57. The molecule has 3 aromatic rings. The van der Waals surface area contributed by atoms with Crippen LogP contribution in [0, 0.1) is 12.7 Å². The molecule has 0 radical (unpaired) electrons. The molecule has 31 heavy (non-hydrogen) atoms. The van der Waals surface area contributed by atoms with E-state index in [0.717, 1.165) is 74.3 Å². The van der Waals surface area contributed by atoms with Crippen LogP contribution >= 0.6 is 0 Å². The van der Waals surface area contributed by atoms with Crippen LogP contribution in [0.2, 0.25) is 0 Å². The molecule has 2 aromatic heterocycles. The van der Waals surface area contributed by atoms with Gasteiger partial charge in [-0.15, -0.1) is 0 Å². The molecular weight excluding hydrogens is 397 g/mol. The van der Waals surface area contributed by atoms with Crippen LogP contribution in [0.3, 0.4) is 0 Å². The summed E-state index contributed by atoms with van der Waals surface area (Å²) in [4.78, 5) is 11.4. The quantitative estimate of drug-likeness (QED) is 0.669. The van der Waals surface area contributed by atoms with Crippen LogP contribution in [0.1, 0.15) is 37.6 Å². The summed E-state index contributed by atoms with van der Waals surface area (Å²) >= 11 is 0. The number of anilines is 1. The van der Waals surface area contributed by atoms with Crippen LogP contribution in [0.15, 0.2) is 22.7 Å². The number of fused-ring (bicyclic) bond motifs is 1. The number of aryl methyl sites for hydroxylation is 2. The van der Waals surface area contributed by atoms with E-state index in [4.69, 9.17) is 14.2 Å². The molecule has 0 saturated carbocycles. The fraction of sp³-hybridized carbons (Fsp3) is 0.522. The number of pyridine rings is 1. The van der Waals surface area contributed by atoms with Gasteiger partial charge in [-0.1, -0.05) is 12.1 Å². The highest BCUT2D eigenvalue weighted by atomic mass is 19.1. The van der Waals surface area contributed by atoms with Gasteiger partial charge < -0.3 is 19.5 Å². The third kappa shape index (κ3) is 4.14. The molecular formula is C23H28FN5O2. The van der Waals surface area contributed by atoms with Crippen molar-refractivity contribution >= 4 is 16.7 Å². The van der Waals surface area contributed by atoms with E-state index in [1.54, 1.807) is 13.0 Å². The zero-order valence-corrected chi connectivity index (χ0v) is 18.0. The molecule has 1 aromatic carbocycles. The average molecular weight is 426 g/mol. The van der Waals surface area contributed by atoms with Gasteiger partial charge >= 0.3 is 0 Å². The molecule has 0 unspecified atom stereocenters. The van der Waals surface area contributed by atoms with Crippen LogP contribution in [-0.2, 0) is 11.2 Å². The smallest absolute Gasteiger partial charge is 0.223 e. The van der Waals surface area contributed by atoms with Crippen LogP contribution in [0.4, 0.5) is 10.2 Å². The summed E-state index contributed by atoms with van der Waals surface area (Å²) in [5.41, 5.74) is 2.12. The Kier molecular flexibility index (Phi) is 5.58. The lowest BCUT2D eigenvalue weighted by Crippen LogP contribution is -2.46. The monoisotopic (exact) mass is 425 g/mol. The van der Waals surface area contributed by atoms with Gasteiger partial charge in [0.2, 0.25) is 11.7 Å². The Balaban J connectivity index is 1.47. The Morgan fingerprint density at radius 1 is 1.13 bits per heavy atom. The predicted molar refractivity (Wildman–Crippen MR) is 117 cm³/mol. The number of aromatic nitrogens is 3. The van der Waals surface area contributed by atoms with E-state index in [1.807, 2.05) is 19.1 Å². The van der Waals surface area contributed by atoms with Crippen LogP contribution in [0.5, 0.6) is 0 Å². The van der Waals surface area contributed by atoms with Crippen molar-refractivity contribution in [1.82, 2.24) is 20.4 Å². The molecule has 2 saturated heterocycles. The fourth-order valence-corrected chi connectivity index (χ4v) is 4.57. The maximum atomic E-state index is 14.9. The summed E-state index contributed by atoms with van der Waals surface area (Å²) in [6.45, 7) is 7.10. The predicted octanol–water partition coefficient (Wildman–Crippen LogP) is 3.64. The second kappa shape index (κ2) is 8.51. The first-order valence-corrected chi connectivity index (χ1v) is 11.1. The number of piperidine rings is 1. The van der Waals surface area contributed by atoms with Crippen molar-refractivity contribution in [3.63, 3.8) is 0 Å². The maximum absolute atomic E-state index is 14.9. The van der Waals surface area contributed by atoms with Gasteiger partial charge in [0, 0.05) is 44.1 Å². The average Bonchev–Trinajstić information content (AvgIpc) is 3.45. The molecule has 2 aliphatic rings. The molecule has 0 bridgehead atoms. The van der Waals surface area contributed by atoms with Gasteiger partial charge in [-0.25, -0.2) is 9.37 Å². The largest absolute Gasteiger partial charge is 0.380 e. The van der Waals surface area contributed by atoms with E-state index in [9.17, 15) is 4.39 Å². The van der Waals surface area contributed by atoms with Gasteiger partial charge in [-0.3, -0.25) is 0 Å². The highest BCUT2D eigenvalue weighted by molar-refractivity contribution is 5.89. The molecule has 4 heterocycles. The molecule has 164 valence electrons. The summed E-state index contributed by atoms with van der Waals surface area (Å²) < 4.78 is 25.6. The molecule has 5 rings (SSSR count). The second-order valence-electron chi connectivity index (χ2n) is 8.49. The van der Waals surface area contributed by atoms with Gasteiger partial charge in [0.05, 0.1) is 12.2 Å². The molecule has 2 fully saturated rings. The van der Waals surface area contributed by atoms with Gasteiger partial charge in [0.1, 0.15) is 17.2 Å². The number of nitrogens with one attached hydrogen (secondary N) is 1. The summed E-state index contributed by atoms with van der Waals surface area (Å²) in [6, 6.07) is 6.44. The van der Waals surface area contributed by atoms with E-state index in [-0.39, 0.29) is 5.82 Å². The second-order valence-corrected chi connectivity index (χ2v) is 8.49. The van der Waals surface area contributed by atoms with E-state index in [2.05, 4.69) is 20.4 Å². The van der Waals surface area contributed by atoms with E-state index < -0.39 is 0 Å². The van der Waals surface area contributed by atoms with Gasteiger partial charge in [-0.05, 0) is 49.4 Å². The molecule has 7 nitrogen and oxygen atoms in total. The minimum Gasteiger partial charge on any atom is -0.380 e. The van der Waals surface area contributed by atoms with Gasteiger partial charge in [0.25, 0.3) is 0 Å². The Bertz CT molecular complexity index is 1070. The number of nitrogens with zero attached hydrogens (tertiary/aromatic N) is 4. The van der Waals surface area contributed by atoms with E-state index >= 15 is 0 Å². The number of halogens is 1. The normalized spacial score (nSPS) is 20.1. The maximum Gasteiger partial charge on any atom is 0.223 e. The van der Waals surface area contributed by atoms with Crippen molar-refractivity contribution in [2.45, 2.75) is 51.6 Å². The first kappa shape index (κ1) is 20.3. The topological polar surface area (TPSA) is 76.3 Å². The SMILES string of the molecule is CCc1cc(F)c2nc(N3CCC(N[C@@H]4CCOC4)CC3)c(-c3noc(C)n3)cc2c1. The minimum atomic E-state index is -0.288. The van der Waals surface area contributed by atoms with Gasteiger partial charge in [-0.2, -0.15) is 4.98 Å². The van der Waals surface area contributed by atoms with E-state index in [0.29, 0.717) is 29.3 Å².